The average Bonchev–Trinajstić information content (AvgIpc) is 3.09. The number of anilines is 2. The van der Waals surface area contributed by atoms with Crippen LogP contribution >= 0.6 is 0 Å². The number of nitro benzene ring substituents is 1. The highest BCUT2D eigenvalue weighted by atomic mass is 16.6. The molecule has 0 amide bonds. The molecule has 0 aliphatic heterocycles. The minimum Gasteiger partial charge on any atom is -0.350 e. The summed E-state index contributed by atoms with van der Waals surface area (Å²) in [6, 6.07) is 11.5. The predicted octanol–water partition coefficient (Wildman–Crippen LogP) is 3.54. The van der Waals surface area contributed by atoms with E-state index in [0.717, 1.165) is 11.1 Å². The first kappa shape index (κ1) is 14.5. The van der Waals surface area contributed by atoms with Gasteiger partial charge in [-0.25, -0.2) is 0 Å². The third kappa shape index (κ3) is 3.08. The van der Waals surface area contributed by atoms with Crippen molar-refractivity contribution in [3.05, 3.63) is 70.5 Å². The zero-order chi connectivity index (χ0) is 16.2. The van der Waals surface area contributed by atoms with Gasteiger partial charge in [0.25, 0.3) is 5.69 Å². The molecular formula is C16H12N4O3. The monoisotopic (exact) mass is 308 g/mol. The van der Waals surface area contributed by atoms with Crippen LogP contribution in [0.5, 0.6) is 0 Å². The molecule has 2 N–H and O–H groups in total. The highest BCUT2D eigenvalue weighted by Crippen LogP contribution is 2.29. The number of carbonyl (C=O) groups excluding carboxylic acids is 1. The number of nitrogens with one attached hydrogen (secondary N) is 2. The maximum Gasteiger partial charge on any atom is 0.292 e. The van der Waals surface area contributed by atoms with E-state index >= 15 is 0 Å². The molecule has 0 bridgehead atoms. The van der Waals surface area contributed by atoms with Crippen molar-refractivity contribution in [3.63, 3.8) is 0 Å². The normalized spacial score (nSPS) is 10.3. The van der Waals surface area contributed by atoms with Gasteiger partial charge >= 0.3 is 0 Å². The smallest absolute Gasteiger partial charge is 0.292 e. The molecule has 0 fully saturated rings. The van der Waals surface area contributed by atoms with Crippen LogP contribution in [0.2, 0.25) is 0 Å². The van der Waals surface area contributed by atoms with Crippen molar-refractivity contribution >= 4 is 23.3 Å². The van der Waals surface area contributed by atoms with Gasteiger partial charge in [-0.2, -0.15) is 5.10 Å². The fourth-order valence-corrected chi connectivity index (χ4v) is 2.20. The van der Waals surface area contributed by atoms with E-state index in [4.69, 9.17) is 0 Å². The largest absolute Gasteiger partial charge is 0.350 e. The number of H-pyrrole nitrogens is 1. The molecule has 0 aliphatic rings. The third-order valence-corrected chi connectivity index (χ3v) is 3.35. The number of rotatable bonds is 5. The summed E-state index contributed by atoms with van der Waals surface area (Å²) >= 11 is 0. The van der Waals surface area contributed by atoms with Gasteiger partial charge in [0, 0.05) is 29.1 Å². The summed E-state index contributed by atoms with van der Waals surface area (Å²) in [5.41, 5.74) is 3.16. The summed E-state index contributed by atoms with van der Waals surface area (Å²) in [4.78, 5) is 21.5. The lowest BCUT2D eigenvalue weighted by molar-refractivity contribution is -0.383. The van der Waals surface area contributed by atoms with E-state index in [0.29, 0.717) is 17.5 Å². The minimum atomic E-state index is -0.489. The zero-order valence-corrected chi connectivity index (χ0v) is 11.9. The molecule has 0 spiro atoms. The molecule has 0 aliphatic carbocycles. The van der Waals surface area contributed by atoms with Crippen LogP contribution in [0.1, 0.15) is 10.4 Å². The number of hydrogen-bond donors (Lipinski definition) is 2. The molecule has 3 aromatic rings. The molecule has 7 nitrogen and oxygen atoms in total. The van der Waals surface area contributed by atoms with Crippen molar-refractivity contribution in [1.29, 1.82) is 0 Å². The predicted molar refractivity (Wildman–Crippen MR) is 85.8 cm³/mol. The van der Waals surface area contributed by atoms with E-state index in [-0.39, 0.29) is 11.4 Å². The van der Waals surface area contributed by atoms with Gasteiger partial charge in [0.1, 0.15) is 12.0 Å². The molecule has 0 radical (unpaired) electrons. The molecule has 0 saturated carbocycles. The van der Waals surface area contributed by atoms with Crippen molar-refractivity contribution in [1.82, 2.24) is 10.2 Å². The van der Waals surface area contributed by atoms with Crippen molar-refractivity contribution in [2.75, 3.05) is 5.32 Å². The molecule has 7 heteroatoms. The van der Waals surface area contributed by atoms with Crippen molar-refractivity contribution < 1.29 is 9.72 Å². The van der Waals surface area contributed by atoms with Crippen LogP contribution in [0, 0.1) is 10.1 Å². The van der Waals surface area contributed by atoms with Crippen molar-refractivity contribution in [2.45, 2.75) is 0 Å². The van der Waals surface area contributed by atoms with Crippen LogP contribution < -0.4 is 5.32 Å². The van der Waals surface area contributed by atoms with Gasteiger partial charge in [0.15, 0.2) is 0 Å². The number of aromatic nitrogens is 2. The molecule has 1 aromatic heterocycles. The number of aromatic amines is 1. The molecule has 2 aromatic carbocycles. The second-order valence-corrected chi connectivity index (χ2v) is 4.84. The Morgan fingerprint density at radius 3 is 2.52 bits per heavy atom. The standard InChI is InChI=1S/C16H12N4O3/c21-10-11-1-6-16(20(22)23)15(7-11)19-14-4-2-12(3-5-14)13-8-17-18-9-13/h1-10,19H,(H,17,18). The van der Waals surface area contributed by atoms with Crippen LogP contribution in [0.15, 0.2) is 54.9 Å². The molecule has 114 valence electrons. The number of benzene rings is 2. The summed E-state index contributed by atoms with van der Waals surface area (Å²) in [6.45, 7) is 0. The lowest BCUT2D eigenvalue weighted by Gasteiger charge is -2.08. The van der Waals surface area contributed by atoms with Gasteiger partial charge < -0.3 is 5.32 Å². The van der Waals surface area contributed by atoms with E-state index in [9.17, 15) is 14.9 Å². The summed E-state index contributed by atoms with van der Waals surface area (Å²) in [5, 5.41) is 20.7. The number of nitrogens with zero attached hydrogens (tertiary/aromatic N) is 2. The molecule has 0 saturated heterocycles. The second kappa shape index (κ2) is 6.10. The summed E-state index contributed by atoms with van der Waals surface area (Å²) in [7, 11) is 0. The van der Waals surface area contributed by atoms with Crippen LogP contribution in [0.25, 0.3) is 11.1 Å². The molecule has 0 unspecified atom stereocenters. The van der Waals surface area contributed by atoms with Gasteiger partial charge in [-0.3, -0.25) is 20.0 Å². The first-order chi connectivity index (χ1) is 11.2. The molecule has 1 heterocycles. The van der Waals surface area contributed by atoms with Gasteiger partial charge in [0.05, 0.1) is 11.1 Å². The van der Waals surface area contributed by atoms with Crippen molar-refractivity contribution in [3.8, 4) is 11.1 Å². The Hall–Kier alpha value is -3.48. The first-order valence-corrected chi connectivity index (χ1v) is 6.77. The molecule has 3 rings (SSSR count). The zero-order valence-electron chi connectivity index (χ0n) is 11.9. The van der Waals surface area contributed by atoms with E-state index in [1.54, 1.807) is 24.5 Å². The van der Waals surface area contributed by atoms with Gasteiger partial charge in [0.2, 0.25) is 0 Å². The summed E-state index contributed by atoms with van der Waals surface area (Å²) in [6.07, 6.45) is 4.14. The fourth-order valence-electron chi connectivity index (χ4n) is 2.20. The van der Waals surface area contributed by atoms with Crippen LogP contribution in [-0.4, -0.2) is 21.4 Å². The number of hydrogen-bond acceptors (Lipinski definition) is 5. The quantitative estimate of drug-likeness (QED) is 0.426. The highest BCUT2D eigenvalue weighted by molar-refractivity contribution is 5.81. The topological polar surface area (TPSA) is 101 Å². The highest BCUT2D eigenvalue weighted by Gasteiger charge is 2.14. The van der Waals surface area contributed by atoms with Gasteiger partial charge in [-0.15, -0.1) is 0 Å². The van der Waals surface area contributed by atoms with E-state index in [1.165, 1.54) is 18.2 Å². The first-order valence-electron chi connectivity index (χ1n) is 6.77. The molecular weight excluding hydrogens is 296 g/mol. The fraction of sp³-hybridized carbons (Fsp3) is 0. The second-order valence-electron chi connectivity index (χ2n) is 4.84. The summed E-state index contributed by atoms with van der Waals surface area (Å²) in [5.74, 6) is 0. The molecule has 23 heavy (non-hydrogen) atoms. The lowest BCUT2D eigenvalue weighted by atomic mass is 10.1. The maximum atomic E-state index is 11.1. The lowest BCUT2D eigenvalue weighted by Crippen LogP contribution is -1.98. The van der Waals surface area contributed by atoms with Gasteiger partial charge in [-0.05, 0) is 29.8 Å². The van der Waals surface area contributed by atoms with E-state index in [1.807, 2.05) is 12.1 Å². The average molecular weight is 308 g/mol. The Labute approximate surface area is 131 Å². The number of nitro groups is 1. The Morgan fingerprint density at radius 2 is 1.91 bits per heavy atom. The van der Waals surface area contributed by atoms with E-state index < -0.39 is 4.92 Å². The number of carbonyl (C=O) groups is 1. The number of aldehydes is 1. The van der Waals surface area contributed by atoms with Crippen molar-refractivity contribution in [2.24, 2.45) is 0 Å². The Morgan fingerprint density at radius 1 is 1.13 bits per heavy atom. The minimum absolute atomic E-state index is 0.0884. The third-order valence-electron chi connectivity index (χ3n) is 3.35. The Balaban J connectivity index is 1.89. The Kier molecular flexibility index (Phi) is 3.84. The van der Waals surface area contributed by atoms with Crippen LogP contribution in [0.4, 0.5) is 17.1 Å². The van der Waals surface area contributed by atoms with Crippen LogP contribution in [0.3, 0.4) is 0 Å². The maximum absolute atomic E-state index is 11.1. The summed E-state index contributed by atoms with van der Waals surface area (Å²) < 4.78 is 0. The Bertz CT molecular complexity index is 842. The van der Waals surface area contributed by atoms with Crippen LogP contribution in [-0.2, 0) is 0 Å². The SMILES string of the molecule is O=Cc1ccc([N+](=O)[O-])c(Nc2ccc(-c3cn[nH]c3)cc2)c1. The van der Waals surface area contributed by atoms with Gasteiger partial charge in [-0.1, -0.05) is 12.1 Å². The van der Waals surface area contributed by atoms with E-state index in [2.05, 4.69) is 15.5 Å². The molecule has 0 atom stereocenters.